The van der Waals surface area contributed by atoms with Gasteiger partial charge in [0, 0.05) is 15.6 Å². The van der Waals surface area contributed by atoms with E-state index in [1.807, 2.05) is 32.4 Å². The zero-order valence-corrected chi connectivity index (χ0v) is 21.0. The van der Waals surface area contributed by atoms with Gasteiger partial charge in [-0.15, -0.1) is 0 Å². The molecule has 2 aromatic carbocycles. The highest BCUT2D eigenvalue weighted by Gasteiger charge is 2.39. The quantitative estimate of drug-likeness (QED) is 0.437. The molecular formula is C24H27BrFN3O2S. The SMILES string of the molecule is Cc1ccc(S(=O)(=O)NC(c2cnn(C(C)(C)C)c2-c2ccc(F)cc2Br)C2CC2)cc1. The number of nitrogens with one attached hydrogen (secondary N) is 1. The second kappa shape index (κ2) is 8.39. The van der Waals surface area contributed by atoms with Crippen molar-refractivity contribution in [3.8, 4) is 11.3 Å². The maximum atomic E-state index is 13.8. The van der Waals surface area contributed by atoms with Crippen LogP contribution in [0.2, 0.25) is 0 Å². The van der Waals surface area contributed by atoms with Crippen LogP contribution in [0.15, 0.2) is 58.0 Å². The monoisotopic (exact) mass is 519 g/mol. The van der Waals surface area contributed by atoms with Crippen LogP contribution in [0, 0.1) is 18.7 Å². The van der Waals surface area contributed by atoms with E-state index >= 15 is 0 Å². The Kier molecular flexibility index (Phi) is 6.07. The highest BCUT2D eigenvalue weighted by atomic mass is 79.9. The summed E-state index contributed by atoms with van der Waals surface area (Å²) in [5.74, 6) is -0.159. The molecule has 0 saturated heterocycles. The number of aryl methyl sites for hydroxylation is 1. The number of aromatic nitrogens is 2. The topological polar surface area (TPSA) is 64.0 Å². The van der Waals surface area contributed by atoms with E-state index in [1.54, 1.807) is 36.5 Å². The molecule has 0 amide bonds. The predicted molar refractivity (Wildman–Crippen MR) is 127 cm³/mol. The van der Waals surface area contributed by atoms with Crippen LogP contribution >= 0.6 is 15.9 Å². The fourth-order valence-corrected chi connectivity index (χ4v) is 5.67. The van der Waals surface area contributed by atoms with Crippen LogP contribution in [0.5, 0.6) is 0 Å². The van der Waals surface area contributed by atoms with Crippen LogP contribution in [-0.4, -0.2) is 18.2 Å². The van der Waals surface area contributed by atoms with Crippen molar-refractivity contribution in [2.24, 2.45) is 5.92 Å². The van der Waals surface area contributed by atoms with E-state index in [1.165, 1.54) is 12.1 Å². The Bertz CT molecular complexity index is 1240. The van der Waals surface area contributed by atoms with Gasteiger partial charge in [0.2, 0.25) is 10.0 Å². The lowest BCUT2D eigenvalue weighted by Gasteiger charge is -2.25. The van der Waals surface area contributed by atoms with Crippen molar-refractivity contribution in [2.45, 2.75) is 57.0 Å². The highest BCUT2D eigenvalue weighted by molar-refractivity contribution is 9.10. The summed E-state index contributed by atoms with van der Waals surface area (Å²) >= 11 is 3.49. The number of rotatable bonds is 6. The van der Waals surface area contributed by atoms with E-state index in [0.717, 1.165) is 35.2 Å². The van der Waals surface area contributed by atoms with Crippen LogP contribution in [0.1, 0.15) is 50.8 Å². The minimum absolute atomic E-state index is 0.186. The van der Waals surface area contributed by atoms with Crippen molar-refractivity contribution in [3.63, 3.8) is 0 Å². The molecule has 32 heavy (non-hydrogen) atoms. The first-order valence-electron chi connectivity index (χ1n) is 10.6. The molecule has 170 valence electrons. The summed E-state index contributed by atoms with van der Waals surface area (Å²) in [5, 5.41) is 4.64. The minimum Gasteiger partial charge on any atom is -0.259 e. The molecular weight excluding hydrogens is 493 g/mol. The fraction of sp³-hybridized carbons (Fsp3) is 0.375. The lowest BCUT2D eigenvalue weighted by molar-refractivity contribution is 0.359. The van der Waals surface area contributed by atoms with Gasteiger partial charge >= 0.3 is 0 Å². The number of nitrogens with zero attached hydrogens (tertiary/aromatic N) is 2. The van der Waals surface area contributed by atoms with Crippen molar-refractivity contribution in [1.29, 1.82) is 0 Å². The van der Waals surface area contributed by atoms with Gasteiger partial charge in [0.1, 0.15) is 5.82 Å². The van der Waals surface area contributed by atoms with E-state index in [0.29, 0.717) is 4.47 Å². The highest BCUT2D eigenvalue weighted by Crippen LogP contribution is 2.46. The molecule has 4 rings (SSSR count). The average molecular weight is 520 g/mol. The molecule has 3 aromatic rings. The largest absolute Gasteiger partial charge is 0.259 e. The Morgan fingerprint density at radius 3 is 2.38 bits per heavy atom. The third-order valence-corrected chi connectivity index (χ3v) is 7.77. The van der Waals surface area contributed by atoms with Crippen molar-refractivity contribution in [2.75, 3.05) is 0 Å². The second-order valence-corrected chi connectivity index (χ2v) is 12.0. The zero-order valence-electron chi connectivity index (χ0n) is 18.6. The number of hydrogen-bond donors (Lipinski definition) is 1. The van der Waals surface area contributed by atoms with E-state index in [9.17, 15) is 12.8 Å². The standard InChI is InChI=1S/C24H27BrFN3O2S/c1-15-5-10-18(11-6-15)32(30,31)28-22(16-7-8-16)20-14-27-29(24(2,3)4)23(20)19-12-9-17(26)13-21(19)25/h5-6,9-14,16,22,28H,7-8H2,1-4H3. The molecule has 1 aromatic heterocycles. The molecule has 1 heterocycles. The molecule has 0 radical (unpaired) electrons. The summed E-state index contributed by atoms with van der Waals surface area (Å²) in [5.41, 5.74) is 3.00. The molecule has 1 N–H and O–H groups in total. The van der Waals surface area contributed by atoms with Gasteiger partial charge in [0.25, 0.3) is 0 Å². The molecule has 0 bridgehead atoms. The molecule has 1 atom stereocenters. The molecule has 0 spiro atoms. The van der Waals surface area contributed by atoms with Crippen LogP contribution in [0.4, 0.5) is 4.39 Å². The van der Waals surface area contributed by atoms with E-state index in [4.69, 9.17) is 0 Å². The summed E-state index contributed by atoms with van der Waals surface area (Å²) in [6.45, 7) is 8.03. The fourth-order valence-electron chi connectivity index (χ4n) is 3.84. The van der Waals surface area contributed by atoms with Gasteiger partial charge in [-0.1, -0.05) is 17.7 Å². The maximum absolute atomic E-state index is 13.8. The molecule has 1 aliphatic rings. The summed E-state index contributed by atoms with van der Waals surface area (Å²) in [4.78, 5) is 0.237. The first kappa shape index (κ1) is 23.1. The Morgan fingerprint density at radius 1 is 1.16 bits per heavy atom. The van der Waals surface area contributed by atoms with Crippen molar-refractivity contribution in [1.82, 2.24) is 14.5 Å². The molecule has 8 heteroatoms. The number of sulfonamides is 1. The van der Waals surface area contributed by atoms with Gasteiger partial charge < -0.3 is 0 Å². The molecule has 1 saturated carbocycles. The Morgan fingerprint density at radius 2 is 1.81 bits per heavy atom. The third-order valence-electron chi connectivity index (χ3n) is 5.66. The van der Waals surface area contributed by atoms with Crippen molar-refractivity contribution in [3.05, 3.63) is 70.1 Å². The van der Waals surface area contributed by atoms with Gasteiger partial charge in [-0.25, -0.2) is 17.5 Å². The van der Waals surface area contributed by atoms with E-state index in [-0.39, 0.29) is 22.2 Å². The van der Waals surface area contributed by atoms with Gasteiger partial charge in [-0.2, -0.15) is 5.10 Å². The van der Waals surface area contributed by atoms with Gasteiger partial charge in [-0.3, -0.25) is 4.68 Å². The summed E-state index contributed by atoms with van der Waals surface area (Å²) in [6.07, 6.45) is 3.62. The molecule has 1 fully saturated rings. The number of halogens is 2. The van der Waals surface area contributed by atoms with E-state index < -0.39 is 16.1 Å². The minimum atomic E-state index is -3.73. The molecule has 1 unspecified atom stereocenters. The smallest absolute Gasteiger partial charge is 0.241 e. The van der Waals surface area contributed by atoms with Crippen LogP contribution in [0.25, 0.3) is 11.3 Å². The summed E-state index contributed by atoms with van der Waals surface area (Å²) in [7, 11) is -3.73. The Labute approximate surface area is 197 Å². The van der Waals surface area contributed by atoms with Crippen molar-refractivity contribution < 1.29 is 12.8 Å². The lowest BCUT2D eigenvalue weighted by atomic mass is 9.98. The van der Waals surface area contributed by atoms with E-state index in [2.05, 4.69) is 25.8 Å². The maximum Gasteiger partial charge on any atom is 0.241 e. The Balaban J connectivity index is 1.83. The summed E-state index contributed by atoms with van der Waals surface area (Å²) < 4.78 is 45.7. The van der Waals surface area contributed by atoms with Crippen LogP contribution in [0.3, 0.4) is 0 Å². The first-order valence-corrected chi connectivity index (χ1v) is 12.9. The third kappa shape index (κ3) is 4.67. The molecule has 5 nitrogen and oxygen atoms in total. The molecule has 0 aliphatic heterocycles. The normalized spacial score (nSPS) is 15.7. The van der Waals surface area contributed by atoms with Crippen LogP contribution in [-0.2, 0) is 15.6 Å². The Hall–Kier alpha value is -2.03. The molecule has 1 aliphatic carbocycles. The average Bonchev–Trinajstić information content (AvgIpc) is 3.44. The van der Waals surface area contributed by atoms with Gasteiger partial charge in [0.05, 0.1) is 28.4 Å². The second-order valence-electron chi connectivity index (χ2n) is 9.40. The lowest BCUT2D eigenvalue weighted by Crippen LogP contribution is -2.31. The summed E-state index contributed by atoms with van der Waals surface area (Å²) in [6, 6.07) is 10.9. The predicted octanol–water partition coefficient (Wildman–Crippen LogP) is 5.94. The number of hydrogen-bond acceptors (Lipinski definition) is 3. The zero-order chi connectivity index (χ0) is 23.3. The van der Waals surface area contributed by atoms with Crippen molar-refractivity contribution >= 4 is 26.0 Å². The number of benzene rings is 2. The van der Waals surface area contributed by atoms with Gasteiger partial charge in [0.15, 0.2) is 0 Å². The first-order chi connectivity index (χ1) is 15.0. The van der Waals surface area contributed by atoms with Gasteiger partial charge in [-0.05, 0) is 92.7 Å². The van der Waals surface area contributed by atoms with Crippen LogP contribution < -0.4 is 4.72 Å².